The number of ether oxygens (including phenoxy) is 5. The summed E-state index contributed by atoms with van der Waals surface area (Å²) in [6.45, 7) is 14.1. The molecular formula is C38H59N3O10. The first-order chi connectivity index (χ1) is 23.9. The first kappa shape index (κ1) is 40.8. The first-order valence-electron chi connectivity index (χ1n) is 18.2. The fourth-order valence-electron chi connectivity index (χ4n) is 8.31. The number of carbonyl (C=O) groups is 4. The molecule has 286 valence electrons. The number of esters is 1. The van der Waals surface area contributed by atoms with Crippen molar-refractivity contribution in [3.8, 4) is 0 Å². The summed E-state index contributed by atoms with van der Waals surface area (Å²) in [6, 6.07) is 8.34. The molecule has 3 aliphatic rings. The number of nitrogens with zero attached hydrogens (tertiary/aromatic N) is 2. The molecule has 0 aromatic heterocycles. The van der Waals surface area contributed by atoms with E-state index in [1.165, 1.54) is 19.0 Å². The van der Waals surface area contributed by atoms with Crippen LogP contribution in [0.5, 0.6) is 0 Å². The molecule has 3 heterocycles. The lowest BCUT2D eigenvalue weighted by Gasteiger charge is -2.47. The Labute approximate surface area is 302 Å². The van der Waals surface area contributed by atoms with E-state index < -0.39 is 83.4 Å². The predicted octanol–water partition coefficient (Wildman–Crippen LogP) is 3.90. The molecule has 2 N–H and O–H groups in total. The van der Waals surface area contributed by atoms with E-state index in [-0.39, 0.29) is 37.3 Å². The van der Waals surface area contributed by atoms with Crippen LogP contribution in [0.25, 0.3) is 0 Å². The third kappa shape index (κ3) is 8.34. The summed E-state index contributed by atoms with van der Waals surface area (Å²) in [5, 5.41) is 12.7. The summed E-state index contributed by atoms with van der Waals surface area (Å²) in [5.41, 5.74) is 1.38. The molecule has 1 aromatic carbocycles. The topological polar surface area (TPSA) is 153 Å². The van der Waals surface area contributed by atoms with Crippen LogP contribution in [-0.2, 0) is 44.6 Å². The van der Waals surface area contributed by atoms with E-state index >= 15 is 0 Å². The highest BCUT2D eigenvalue weighted by molar-refractivity contribution is 6.00. The third-order valence-electron chi connectivity index (χ3n) is 11.4. The van der Waals surface area contributed by atoms with Crippen molar-refractivity contribution in [3.63, 3.8) is 0 Å². The van der Waals surface area contributed by atoms with E-state index in [0.717, 1.165) is 5.56 Å². The molecule has 0 bridgehead atoms. The number of hydrazine groups is 1. The average Bonchev–Trinajstić information content (AvgIpc) is 3.36. The minimum absolute atomic E-state index is 0.121. The molecule has 51 heavy (non-hydrogen) atoms. The molecule has 3 fully saturated rings. The van der Waals surface area contributed by atoms with Gasteiger partial charge in [0.15, 0.2) is 17.7 Å². The Kier molecular flexibility index (Phi) is 13.1. The van der Waals surface area contributed by atoms with Gasteiger partial charge in [-0.1, -0.05) is 58.0 Å². The summed E-state index contributed by atoms with van der Waals surface area (Å²) >= 11 is 0. The van der Waals surface area contributed by atoms with Crippen LogP contribution in [0.2, 0.25) is 0 Å². The van der Waals surface area contributed by atoms with Gasteiger partial charge < -0.3 is 33.7 Å². The molecule has 0 aliphatic carbocycles. The van der Waals surface area contributed by atoms with E-state index in [4.69, 9.17) is 23.7 Å². The van der Waals surface area contributed by atoms with Gasteiger partial charge in [0.25, 0.3) is 0 Å². The minimum Gasteiger partial charge on any atom is -0.458 e. The zero-order valence-corrected chi connectivity index (χ0v) is 32.1. The number of methoxy groups -OCH3 is 1. The maximum atomic E-state index is 14.5. The van der Waals surface area contributed by atoms with E-state index in [1.807, 2.05) is 56.3 Å². The summed E-state index contributed by atoms with van der Waals surface area (Å²) in [4.78, 5) is 58.1. The van der Waals surface area contributed by atoms with Gasteiger partial charge in [0.05, 0.1) is 17.8 Å². The normalized spacial score (nSPS) is 40.1. The number of fused-ring (bicyclic) bond motifs is 1. The average molecular weight is 718 g/mol. The standard InChI is InChI=1S/C38H59N3O10/c1-12-28-38(8)32(41(36(46)51-38)39-20-26-16-14-13-15-17-26)23(4)29(42)21(2)19-37(7,47-11)33(24(5)30(43)25(6)34(45)49-28)50-35-31(44)27(40(9)10)18-22(3)48-35/h13-17,21-25,27-28,31-33,35,39,44H,12,18-20H2,1-11H3/t21-,22-,23+,24+,25-,27+,28-,31-,32-,33-,35+,37-,38-/m1/s1. The fourth-order valence-corrected chi connectivity index (χ4v) is 8.31. The van der Waals surface area contributed by atoms with E-state index in [1.54, 1.807) is 41.5 Å². The number of aliphatic hydroxyl groups excluding tert-OH is 1. The number of Topliss-reactive ketones (excluding diaryl/α,β-unsaturated/α-hetero) is 2. The van der Waals surface area contributed by atoms with E-state index in [0.29, 0.717) is 6.42 Å². The second-order valence-electron chi connectivity index (χ2n) is 15.4. The van der Waals surface area contributed by atoms with Crippen molar-refractivity contribution in [2.45, 2.75) is 135 Å². The number of hydrogen-bond donors (Lipinski definition) is 2. The molecule has 4 rings (SSSR count). The van der Waals surface area contributed by atoms with Gasteiger partial charge >= 0.3 is 12.1 Å². The van der Waals surface area contributed by atoms with E-state index in [9.17, 15) is 24.3 Å². The van der Waals surface area contributed by atoms with E-state index in [2.05, 4.69) is 5.43 Å². The third-order valence-corrected chi connectivity index (χ3v) is 11.4. The number of amides is 1. The molecule has 0 unspecified atom stereocenters. The number of ketones is 2. The van der Waals surface area contributed by atoms with Gasteiger partial charge in [0, 0.05) is 37.5 Å². The Bertz CT molecular complexity index is 1390. The molecule has 1 aromatic rings. The first-order valence-corrected chi connectivity index (χ1v) is 18.2. The summed E-state index contributed by atoms with van der Waals surface area (Å²) in [5.74, 6) is -5.05. The number of hydrogen-bond acceptors (Lipinski definition) is 12. The number of carbonyl (C=O) groups excluding carboxylic acids is 4. The molecule has 3 aliphatic heterocycles. The van der Waals surface area contributed by atoms with Crippen LogP contribution in [0, 0.1) is 23.7 Å². The maximum Gasteiger partial charge on any atom is 0.425 e. The Morgan fingerprint density at radius 3 is 2.24 bits per heavy atom. The molecule has 13 nitrogen and oxygen atoms in total. The van der Waals surface area contributed by atoms with Crippen molar-refractivity contribution >= 4 is 23.6 Å². The van der Waals surface area contributed by atoms with Gasteiger partial charge in [-0.05, 0) is 66.6 Å². The SMILES string of the molecule is CC[C@H]1OC(=O)[C@H](C)C(=O)[C@H](C)[C@@H](O[C@@H]2O[C@H](C)C[C@H](N(C)C)[C@H]2O)[C@](C)(OC)C[C@@H](C)C(=O)[C@H](C)[C@H]2N(NCc3ccccc3)C(=O)O[C@]12C. The molecule has 0 saturated carbocycles. The lowest BCUT2D eigenvalue weighted by molar-refractivity contribution is -0.295. The number of cyclic esters (lactones) is 1. The molecular weight excluding hydrogens is 658 g/mol. The Morgan fingerprint density at radius 1 is 1.00 bits per heavy atom. The van der Waals surface area contributed by atoms with Gasteiger partial charge in [-0.3, -0.25) is 14.4 Å². The second kappa shape index (κ2) is 16.4. The Morgan fingerprint density at radius 2 is 1.65 bits per heavy atom. The van der Waals surface area contributed by atoms with Crippen LogP contribution in [0.3, 0.4) is 0 Å². The lowest BCUT2D eigenvalue weighted by Crippen LogP contribution is -2.61. The van der Waals surface area contributed by atoms with Crippen molar-refractivity contribution in [2.24, 2.45) is 23.7 Å². The maximum absolute atomic E-state index is 14.5. The molecule has 13 heteroatoms. The van der Waals surface area contributed by atoms with Crippen LogP contribution in [0.4, 0.5) is 4.79 Å². The van der Waals surface area contributed by atoms with Crippen molar-refractivity contribution < 1.29 is 48.0 Å². The van der Waals surface area contributed by atoms with Crippen molar-refractivity contribution in [1.29, 1.82) is 0 Å². The number of rotatable bonds is 8. The summed E-state index contributed by atoms with van der Waals surface area (Å²) in [6.07, 6.45) is -4.19. The molecule has 13 atom stereocenters. The second-order valence-corrected chi connectivity index (χ2v) is 15.4. The highest BCUT2D eigenvalue weighted by atomic mass is 16.7. The fraction of sp³-hybridized carbons (Fsp3) is 0.737. The zero-order valence-electron chi connectivity index (χ0n) is 32.1. The van der Waals surface area contributed by atoms with Gasteiger partial charge in [0.2, 0.25) is 0 Å². The van der Waals surface area contributed by atoms with Crippen LogP contribution in [0.15, 0.2) is 30.3 Å². The van der Waals surface area contributed by atoms with Crippen molar-refractivity contribution in [1.82, 2.24) is 15.3 Å². The largest absolute Gasteiger partial charge is 0.458 e. The Hall–Kier alpha value is -2.94. The predicted molar refractivity (Wildman–Crippen MR) is 188 cm³/mol. The number of nitrogens with one attached hydrogen (secondary N) is 1. The van der Waals surface area contributed by atoms with Gasteiger partial charge in [0.1, 0.15) is 30.0 Å². The zero-order chi connectivity index (χ0) is 38.0. The molecule has 0 spiro atoms. The quantitative estimate of drug-likeness (QED) is 0.296. The Balaban J connectivity index is 1.77. The van der Waals surface area contributed by atoms with Crippen LogP contribution in [-0.4, -0.2) is 114 Å². The highest BCUT2D eigenvalue weighted by Crippen LogP contribution is 2.42. The highest BCUT2D eigenvalue weighted by Gasteiger charge is 2.61. The van der Waals surface area contributed by atoms with Crippen LogP contribution < -0.4 is 5.43 Å². The van der Waals surface area contributed by atoms with Crippen LogP contribution >= 0.6 is 0 Å². The van der Waals surface area contributed by atoms with Crippen LogP contribution in [0.1, 0.15) is 80.2 Å². The molecule has 1 amide bonds. The van der Waals surface area contributed by atoms with Crippen molar-refractivity contribution in [3.05, 3.63) is 35.9 Å². The minimum atomic E-state index is -1.44. The summed E-state index contributed by atoms with van der Waals surface area (Å²) < 4.78 is 30.9. The van der Waals surface area contributed by atoms with Gasteiger partial charge in [-0.15, -0.1) is 0 Å². The smallest absolute Gasteiger partial charge is 0.425 e. The monoisotopic (exact) mass is 717 g/mol. The number of benzene rings is 1. The molecule has 0 radical (unpaired) electrons. The molecule has 3 saturated heterocycles. The number of aliphatic hydroxyl groups is 1. The van der Waals surface area contributed by atoms with Crippen molar-refractivity contribution in [2.75, 3.05) is 21.2 Å². The van der Waals surface area contributed by atoms with Gasteiger partial charge in [-0.2, -0.15) is 0 Å². The number of likely N-dealkylation sites (N-methyl/N-ethyl adjacent to an activating group) is 1. The van der Waals surface area contributed by atoms with Gasteiger partial charge in [-0.25, -0.2) is 15.2 Å². The summed E-state index contributed by atoms with van der Waals surface area (Å²) in [7, 11) is 5.22. The lowest BCUT2D eigenvalue weighted by atomic mass is 9.73.